The monoisotopic (exact) mass is 486 g/mol. The molecule has 2 amide bonds. The van der Waals surface area contributed by atoms with Gasteiger partial charge in [0.05, 0.1) is 5.92 Å². The van der Waals surface area contributed by atoms with Gasteiger partial charge in [-0.1, -0.05) is 48.5 Å². The molecule has 1 unspecified atom stereocenters. The molecule has 1 heterocycles. The molecule has 2 N–H and O–H groups in total. The first-order chi connectivity index (χ1) is 16.8. The predicted octanol–water partition coefficient (Wildman–Crippen LogP) is 4.26. The smallest absolute Gasteiger partial charge is 0.407 e. The minimum absolute atomic E-state index is 0.0172. The molecule has 186 valence electrons. The van der Waals surface area contributed by atoms with Crippen LogP contribution in [-0.4, -0.2) is 59.6 Å². The second kappa shape index (κ2) is 10.4. The Bertz CT molecular complexity index is 1060. The lowest BCUT2D eigenvalue weighted by Crippen LogP contribution is -2.56. The van der Waals surface area contributed by atoms with Crippen LogP contribution in [0.1, 0.15) is 43.2 Å². The zero-order valence-corrected chi connectivity index (χ0v) is 19.3. The highest BCUT2D eigenvalue weighted by molar-refractivity contribution is 5.87. The van der Waals surface area contributed by atoms with Crippen molar-refractivity contribution >= 4 is 18.0 Å². The van der Waals surface area contributed by atoms with Crippen LogP contribution in [0, 0.1) is 5.92 Å². The summed E-state index contributed by atoms with van der Waals surface area (Å²) < 4.78 is 32.0. The van der Waals surface area contributed by atoms with Gasteiger partial charge in [0.1, 0.15) is 12.6 Å². The molecule has 4 rings (SSSR count). The minimum Gasteiger partial charge on any atom is -0.481 e. The van der Waals surface area contributed by atoms with Crippen LogP contribution in [0.4, 0.5) is 13.6 Å². The van der Waals surface area contributed by atoms with E-state index in [1.807, 2.05) is 48.5 Å². The van der Waals surface area contributed by atoms with Gasteiger partial charge in [-0.05, 0) is 42.0 Å². The summed E-state index contributed by atoms with van der Waals surface area (Å²) >= 11 is 0. The maximum absolute atomic E-state index is 13.3. The van der Waals surface area contributed by atoms with Crippen molar-refractivity contribution in [2.24, 2.45) is 5.92 Å². The lowest BCUT2D eigenvalue weighted by Gasteiger charge is -2.39. The average molecular weight is 487 g/mol. The Hall–Kier alpha value is -3.49. The van der Waals surface area contributed by atoms with Gasteiger partial charge in [-0.2, -0.15) is 0 Å². The van der Waals surface area contributed by atoms with Gasteiger partial charge < -0.3 is 20.1 Å². The highest BCUT2D eigenvalue weighted by Crippen LogP contribution is 2.44. The van der Waals surface area contributed by atoms with Gasteiger partial charge in [-0.3, -0.25) is 9.59 Å². The van der Waals surface area contributed by atoms with Crippen LogP contribution in [0.25, 0.3) is 11.1 Å². The number of halogens is 2. The van der Waals surface area contributed by atoms with Gasteiger partial charge in [0, 0.05) is 24.9 Å². The standard InChI is InChI=1S/C26H28F2N2O5/c1-15-16(25(32)33)11-6-12-30(15)24(31)22(13-23(27)28)29-26(34)35-14-21-19-9-4-2-7-17(19)18-8-3-5-10-20(18)21/h2-5,7-10,15-16,21-23H,6,11-14H2,1H3,(H,29,34)(H,32,33)/t15-,16-,22?/m1/s1. The molecular formula is C26H28F2N2O5. The number of rotatable bonds is 7. The largest absolute Gasteiger partial charge is 0.481 e. The predicted molar refractivity (Wildman–Crippen MR) is 124 cm³/mol. The average Bonchev–Trinajstić information content (AvgIpc) is 3.15. The number of carboxylic acids is 1. The number of nitrogens with zero attached hydrogens (tertiary/aromatic N) is 1. The van der Waals surface area contributed by atoms with E-state index in [-0.39, 0.29) is 19.1 Å². The number of amides is 2. The van der Waals surface area contributed by atoms with Crippen LogP contribution < -0.4 is 5.32 Å². The molecule has 35 heavy (non-hydrogen) atoms. The number of fused-ring (bicyclic) bond motifs is 3. The third kappa shape index (κ3) is 5.13. The fourth-order valence-electron chi connectivity index (χ4n) is 5.17. The summed E-state index contributed by atoms with van der Waals surface area (Å²) in [5.41, 5.74) is 4.11. The van der Waals surface area contributed by atoms with E-state index < -0.39 is 48.8 Å². The number of aliphatic carboxylic acids is 1. The number of alkyl halides is 2. The van der Waals surface area contributed by atoms with Crippen molar-refractivity contribution in [1.29, 1.82) is 0 Å². The van der Waals surface area contributed by atoms with E-state index in [4.69, 9.17) is 4.74 Å². The van der Waals surface area contributed by atoms with Crippen molar-refractivity contribution in [2.45, 2.75) is 50.6 Å². The van der Waals surface area contributed by atoms with Crippen molar-refractivity contribution < 1.29 is 33.0 Å². The molecule has 1 saturated heterocycles. The molecule has 2 aromatic rings. The minimum atomic E-state index is -2.84. The Labute approximate surface area is 202 Å². The van der Waals surface area contributed by atoms with E-state index in [2.05, 4.69) is 5.32 Å². The van der Waals surface area contributed by atoms with Crippen LogP contribution in [0.2, 0.25) is 0 Å². The lowest BCUT2D eigenvalue weighted by molar-refractivity contribution is -0.150. The van der Waals surface area contributed by atoms with Crippen molar-refractivity contribution in [3.8, 4) is 11.1 Å². The third-order valence-corrected chi connectivity index (χ3v) is 6.94. The third-order valence-electron chi connectivity index (χ3n) is 6.94. The lowest BCUT2D eigenvalue weighted by atomic mass is 9.89. The Morgan fingerprint density at radius 2 is 1.69 bits per heavy atom. The van der Waals surface area contributed by atoms with Gasteiger partial charge in [0.25, 0.3) is 0 Å². The van der Waals surface area contributed by atoms with Crippen molar-refractivity contribution in [3.63, 3.8) is 0 Å². The molecule has 1 aliphatic heterocycles. The molecule has 0 bridgehead atoms. The molecule has 0 aromatic heterocycles. The molecule has 1 fully saturated rings. The summed E-state index contributed by atoms with van der Waals surface area (Å²) in [6, 6.07) is 13.4. The topological polar surface area (TPSA) is 95.9 Å². The van der Waals surface area contributed by atoms with Gasteiger partial charge >= 0.3 is 12.1 Å². The summed E-state index contributed by atoms with van der Waals surface area (Å²) in [6.07, 6.45) is -3.85. The van der Waals surface area contributed by atoms with Crippen LogP contribution >= 0.6 is 0 Å². The summed E-state index contributed by atoms with van der Waals surface area (Å²) in [5.74, 6) is -2.76. The number of hydrogen-bond donors (Lipinski definition) is 2. The van der Waals surface area contributed by atoms with Gasteiger partial charge in [-0.15, -0.1) is 0 Å². The molecule has 9 heteroatoms. The van der Waals surface area contributed by atoms with Crippen LogP contribution in [0.3, 0.4) is 0 Å². The zero-order valence-electron chi connectivity index (χ0n) is 19.3. The number of benzene rings is 2. The Balaban J connectivity index is 1.44. The maximum Gasteiger partial charge on any atom is 0.407 e. The number of likely N-dealkylation sites (tertiary alicyclic amines) is 1. The molecule has 0 saturated carbocycles. The number of piperidine rings is 1. The number of carbonyl (C=O) groups is 3. The fraction of sp³-hybridized carbons (Fsp3) is 0.423. The Kier molecular flexibility index (Phi) is 7.33. The van der Waals surface area contributed by atoms with Gasteiger partial charge in [0.2, 0.25) is 12.3 Å². The van der Waals surface area contributed by atoms with Crippen molar-refractivity contribution in [2.75, 3.05) is 13.2 Å². The Morgan fingerprint density at radius 1 is 1.09 bits per heavy atom. The van der Waals surface area contributed by atoms with E-state index >= 15 is 0 Å². The molecular weight excluding hydrogens is 458 g/mol. The van der Waals surface area contributed by atoms with Crippen molar-refractivity contribution in [3.05, 3.63) is 59.7 Å². The summed E-state index contributed by atoms with van der Waals surface area (Å²) in [4.78, 5) is 38.5. The highest BCUT2D eigenvalue weighted by Gasteiger charge is 2.39. The SMILES string of the molecule is C[C@@H]1[C@H](C(=O)O)CCCN1C(=O)C(CC(F)F)NC(=O)OCC1c2ccccc2-c2ccccc21. The number of ether oxygens (including phenoxy) is 1. The fourth-order valence-corrected chi connectivity index (χ4v) is 5.17. The number of hydrogen-bond acceptors (Lipinski definition) is 4. The van der Waals surface area contributed by atoms with E-state index in [1.165, 1.54) is 4.90 Å². The quantitative estimate of drug-likeness (QED) is 0.610. The van der Waals surface area contributed by atoms with E-state index in [0.717, 1.165) is 22.3 Å². The van der Waals surface area contributed by atoms with Gasteiger partial charge in [-0.25, -0.2) is 13.6 Å². The van der Waals surface area contributed by atoms with E-state index in [1.54, 1.807) is 6.92 Å². The zero-order chi connectivity index (χ0) is 25.1. The molecule has 1 aliphatic carbocycles. The van der Waals surface area contributed by atoms with E-state index in [9.17, 15) is 28.3 Å². The number of nitrogens with one attached hydrogen (secondary N) is 1. The summed E-state index contributed by atoms with van der Waals surface area (Å²) in [5, 5.41) is 11.7. The normalized spacial score (nSPS) is 20.2. The first-order valence-corrected chi connectivity index (χ1v) is 11.7. The van der Waals surface area contributed by atoms with Crippen LogP contribution in [-0.2, 0) is 14.3 Å². The first-order valence-electron chi connectivity index (χ1n) is 11.7. The molecule has 0 radical (unpaired) electrons. The van der Waals surface area contributed by atoms with Crippen LogP contribution in [0.5, 0.6) is 0 Å². The highest BCUT2D eigenvalue weighted by atomic mass is 19.3. The summed E-state index contributed by atoms with van der Waals surface area (Å²) in [7, 11) is 0. The first kappa shape index (κ1) is 24.6. The van der Waals surface area contributed by atoms with E-state index in [0.29, 0.717) is 12.8 Å². The number of alkyl carbamates (subject to hydrolysis) is 1. The van der Waals surface area contributed by atoms with Crippen molar-refractivity contribution in [1.82, 2.24) is 10.2 Å². The number of carbonyl (C=O) groups excluding carboxylic acids is 2. The molecule has 7 nitrogen and oxygen atoms in total. The Morgan fingerprint density at radius 3 is 2.26 bits per heavy atom. The second-order valence-electron chi connectivity index (χ2n) is 9.01. The second-order valence-corrected chi connectivity index (χ2v) is 9.01. The molecule has 2 aromatic carbocycles. The maximum atomic E-state index is 13.3. The molecule has 2 aliphatic rings. The summed E-state index contributed by atoms with van der Waals surface area (Å²) in [6.45, 7) is 1.81. The molecule has 0 spiro atoms. The van der Waals surface area contributed by atoms with Crippen LogP contribution in [0.15, 0.2) is 48.5 Å². The molecule has 3 atom stereocenters. The van der Waals surface area contributed by atoms with Gasteiger partial charge in [0.15, 0.2) is 0 Å². The number of carboxylic acid groups (broad SMARTS) is 1.